The molecule has 2 aromatic carbocycles. The molecule has 2 heterocycles. The van der Waals surface area contributed by atoms with Crippen LogP contribution in [0.1, 0.15) is 25.0 Å². The van der Waals surface area contributed by atoms with E-state index in [0.717, 1.165) is 17.2 Å². The molecule has 6 nitrogen and oxygen atoms in total. The zero-order chi connectivity index (χ0) is 24.1. The number of fused-ring (bicyclic) bond motifs is 1. The summed E-state index contributed by atoms with van der Waals surface area (Å²) in [4.78, 5) is 32.1. The van der Waals surface area contributed by atoms with Gasteiger partial charge in [0.2, 0.25) is 11.8 Å². The van der Waals surface area contributed by atoms with Crippen LogP contribution in [-0.2, 0) is 27.2 Å². The van der Waals surface area contributed by atoms with Crippen molar-refractivity contribution in [3.63, 3.8) is 0 Å². The topological polar surface area (TPSA) is 71.5 Å². The lowest BCUT2D eigenvalue weighted by Gasteiger charge is -2.33. The van der Waals surface area contributed by atoms with E-state index < -0.39 is 5.54 Å². The van der Waals surface area contributed by atoms with Crippen LogP contribution in [0.25, 0.3) is 10.8 Å². The fraction of sp³-hybridized carbons (Fsp3) is 0.370. The van der Waals surface area contributed by atoms with E-state index in [0.29, 0.717) is 31.9 Å². The minimum absolute atomic E-state index is 0.0812. The van der Waals surface area contributed by atoms with E-state index in [-0.39, 0.29) is 30.0 Å². The molecule has 0 spiro atoms. The van der Waals surface area contributed by atoms with Gasteiger partial charge in [-0.15, -0.1) is 0 Å². The maximum Gasteiger partial charge on any atom is 0.247 e. The highest BCUT2D eigenvalue weighted by atomic mass is 19.1. The lowest BCUT2D eigenvalue weighted by Crippen LogP contribution is -2.57. The van der Waals surface area contributed by atoms with Crippen molar-refractivity contribution in [3.8, 4) is 0 Å². The van der Waals surface area contributed by atoms with Gasteiger partial charge in [-0.3, -0.25) is 14.6 Å². The number of hydrogen-bond acceptors (Lipinski definition) is 4. The molecule has 1 saturated heterocycles. The van der Waals surface area contributed by atoms with Crippen LogP contribution in [-0.4, -0.2) is 53.5 Å². The second-order valence-electron chi connectivity index (χ2n) is 9.39. The average Bonchev–Trinajstić information content (AvgIpc) is 3.05. The Kier molecular flexibility index (Phi) is 7.22. The van der Waals surface area contributed by atoms with E-state index >= 15 is 0 Å². The number of benzene rings is 2. The smallest absolute Gasteiger partial charge is 0.247 e. The molecule has 0 aliphatic carbocycles. The minimum Gasteiger partial charge on any atom is -0.379 e. The minimum atomic E-state index is -1.07. The first-order chi connectivity index (χ1) is 16.3. The van der Waals surface area contributed by atoms with Gasteiger partial charge in [-0.1, -0.05) is 30.3 Å². The fourth-order valence-electron chi connectivity index (χ4n) is 4.48. The number of ether oxygens (including phenoxy) is 1. The maximum absolute atomic E-state index is 13.4. The highest BCUT2D eigenvalue weighted by molar-refractivity contribution is 5.91. The number of pyridine rings is 1. The third-order valence-electron chi connectivity index (χ3n) is 6.17. The lowest BCUT2D eigenvalue weighted by molar-refractivity contribution is -0.140. The zero-order valence-electron chi connectivity index (χ0n) is 19.6. The highest BCUT2D eigenvalue weighted by Gasteiger charge is 2.35. The molecule has 1 aromatic heterocycles. The van der Waals surface area contributed by atoms with Gasteiger partial charge in [-0.2, -0.15) is 0 Å². The molecule has 1 unspecified atom stereocenters. The number of nitrogens with one attached hydrogen (secondary N) is 1. The molecule has 1 aliphatic heterocycles. The Balaban J connectivity index is 1.42. The number of carbonyl (C=O) groups excluding carboxylic acids is 2. The predicted octanol–water partition coefficient (Wildman–Crippen LogP) is 3.53. The molecule has 4 rings (SSSR count). The molecule has 1 atom stereocenters. The second kappa shape index (κ2) is 10.3. The molecule has 3 aromatic rings. The normalized spacial score (nSPS) is 16.8. The summed E-state index contributed by atoms with van der Waals surface area (Å²) in [6.45, 7) is 5.48. The first-order valence-corrected chi connectivity index (χ1v) is 11.6. The van der Waals surface area contributed by atoms with Crippen LogP contribution in [0.2, 0.25) is 0 Å². The quantitative estimate of drug-likeness (QED) is 0.607. The fourth-order valence-corrected chi connectivity index (χ4v) is 4.48. The van der Waals surface area contributed by atoms with Crippen molar-refractivity contribution in [2.24, 2.45) is 5.92 Å². The Hall–Kier alpha value is -3.32. The Morgan fingerprint density at radius 1 is 1.18 bits per heavy atom. The van der Waals surface area contributed by atoms with E-state index in [1.54, 1.807) is 37.1 Å². The lowest BCUT2D eigenvalue weighted by atomic mass is 9.95. The molecule has 2 amide bonds. The number of aromatic nitrogens is 1. The van der Waals surface area contributed by atoms with Gasteiger partial charge in [-0.25, -0.2) is 4.39 Å². The van der Waals surface area contributed by atoms with Crippen molar-refractivity contribution in [3.05, 3.63) is 77.9 Å². The van der Waals surface area contributed by atoms with Gasteiger partial charge in [0, 0.05) is 36.8 Å². The molecule has 34 heavy (non-hydrogen) atoms. The van der Waals surface area contributed by atoms with Gasteiger partial charge in [0.15, 0.2) is 0 Å². The second-order valence-corrected chi connectivity index (χ2v) is 9.39. The molecule has 178 valence electrons. The Morgan fingerprint density at radius 2 is 1.97 bits per heavy atom. The van der Waals surface area contributed by atoms with Gasteiger partial charge in [0.25, 0.3) is 0 Å². The van der Waals surface area contributed by atoms with Gasteiger partial charge in [0.05, 0.1) is 19.6 Å². The van der Waals surface area contributed by atoms with Crippen LogP contribution in [0.5, 0.6) is 0 Å². The Labute approximate surface area is 199 Å². The molecule has 0 radical (unpaired) electrons. The standard InChI is InChI=1S/C27H30FN3O3/c1-27(2,30-25(32)15-19-6-8-23(28)9-7-19)26(33)31-12-13-34-18-20(17-31)14-22-5-3-4-21-10-11-29-16-24(21)22/h3-11,16,20H,12-15,17-18H2,1-2H3,(H,30,32). The molecule has 7 heteroatoms. The third kappa shape index (κ3) is 5.78. The van der Waals surface area contributed by atoms with Gasteiger partial charge >= 0.3 is 0 Å². The van der Waals surface area contributed by atoms with Crippen molar-refractivity contribution in [1.82, 2.24) is 15.2 Å². The first kappa shape index (κ1) is 23.8. The maximum atomic E-state index is 13.4. The average molecular weight is 464 g/mol. The van der Waals surface area contributed by atoms with E-state index in [9.17, 15) is 14.0 Å². The zero-order valence-corrected chi connectivity index (χ0v) is 19.6. The summed E-state index contributed by atoms with van der Waals surface area (Å²) in [7, 11) is 0. The SMILES string of the molecule is CC(C)(NC(=O)Cc1ccc(F)cc1)C(=O)N1CCOCC(Cc2cccc3ccncc23)C1. The van der Waals surface area contributed by atoms with Crippen molar-refractivity contribution in [1.29, 1.82) is 0 Å². The van der Waals surface area contributed by atoms with Crippen LogP contribution >= 0.6 is 0 Å². The summed E-state index contributed by atoms with van der Waals surface area (Å²) in [5, 5.41) is 5.10. The molecule has 1 fully saturated rings. The van der Waals surface area contributed by atoms with Gasteiger partial charge < -0.3 is 15.0 Å². The van der Waals surface area contributed by atoms with Crippen molar-refractivity contribution in [2.45, 2.75) is 32.2 Å². The Bertz CT molecular complexity index is 1160. The van der Waals surface area contributed by atoms with Crippen molar-refractivity contribution in [2.75, 3.05) is 26.3 Å². The van der Waals surface area contributed by atoms with Crippen LogP contribution in [0.15, 0.2) is 60.9 Å². The summed E-state index contributed by atoms with van der Waals surface area (Å²) in [6, 6.07) is 14.0. The molecular weight excluding hydrogens is 433 g/mol. The molecule has 0 saturated carbocycles. The number of nitrogens with zero attached hydrogens (tertiary/aromatic N) is 2. The number of carbonyl (C=O) groups is 2. The van der Waals surface area contributed by atoms with Gasteiger partial charge in [0.1, 0.15) is 11.4 Å². The Morgan fingerprint density at radius 3 is 2.76 bits per heavy atom. The monoisotopic (exact) mass is 463 g/mol. The highest BCUT2D eigenvalue weighted by Crippen LogP contribution is 2.23. The predicted molar refractivity (Wildman–Crippen MR) is 129 cm³/mol. The third-order valence-corrected chi connectivity index (χ3v) is 6.17. The van der Waals surface area contributed by atoms with Crippen molar-refractivity contribution < 1.29 is 18.7 Å². The number of rotatable bonds is 6. The molecular formula is C27H30FN3O3. The van der Waals surface area contributed by atoms with E-state index in [4.69, 9.17) is 4.74 Å². The van der Waals surface area contributed by atoms with Crippen LogP contribution in [0.3, 0.4) is 0 Å². The summed E-state index contributed by atoms with van der Waals surface area (Å²) in [5.41, 5.74) is 0.797. The van der Waals surface area contributed by atoms with Crippen LogP contribution in [0, 0.1) is 11.7 Å². The summed E-state index contributed by atoms with van der Waals surface area (Å²) < 4.78 is 18.9. The number of hydrogen-bond donors (Lipinski definition) is 1. The van der Waals surface area contributed by atoms with E-state index in [1.165, 1.54) is 17.7 Å². The van der Waals surface area contributed by atoms with Crippen LogP contribution in [0.4, 0.5) is 4.39 Å². The number of amides is 2. The summed E-state index contributed by atoms with van der Waals surface area (Å²) >= 11 is 0. The molecule has 1 aliphatic rings. The summed E-state index contributed by atoms with van der Waals surface area (Å²) in [5.74, 6) is -0.647. The molecule has 0 bridgehead atoms. The number of halogens is 1. The first-order valence-electron chi connectivity index (χ1n) is 11.6. The largest absolute Gasteiger partial charge is 0.379 e. The van der Waals surface area contributed by atoms with Crippen LogP contribution < -0.4 is 5.32 Å². The van der Waals surface area contributed by atoms with E-state index in [2.05, 4.69) is 22.4 Å². The van der Waals surface area contributed by atoms with Gasteiger partial charge in [-0.05, 0) is 55.0 Å². The van der Waals surface area contributed by atoms with Crippen molar-refractivity contribution >= 4 is 22.6 Å². The molecule has 1 N–H and O–H groups in total. The van der Waals surface area contributed by atoms with E-state index in [1.807, 2.05) is 18.3 Å². The summed E-state index contributed by atoms with van der Waals surface area (Å²) in [6.07, 6.45) is 4.51.